The van der Waals surface area contributed by atoms with Gasteiger partial charge in [-0.1, -0.05) is 38.3 Å². The molecule has 0 radical (unpaired) electrons. The van der Waals surface area contributed by atoms with Crippen molar-refractivity contribution < 1.29 is 4.79 Å². The summed E-state index contributed by atoms with van der Waals surface area (Å²) >= 11 is 0. The van der Waals surface area contributed by atoms with E-state index in [9.17, 15) is 4.79 Å². The Morgan fingerprint density at radius 3 is 2.77 bits per heavy atom. The van der Waals surface area contributed by atoms with Gasteiger partial charge in [-0.15, -0.1) is 0 Å². The molecule has 4 aliphatic carbocycles. The van der Waals surface area contributed by atoms with Gasteiger partial charge in [0.25, 0.3) is 0 Å². The van der Waals surface area contributed by atoms with E-state index in [0.717, 1.165) is 30.0 Å². The third-order valence-electron chi connectivity index (χ3n) is 8.63. The fraction of sp³-hybridized carbons (Fsp3) is 0.857. The molecule has 0 spiro atoms. The Hall–Kier alpha value is -0.590. The Labute approximate surface area is 135 Å². The van der Waals surface area contributed by atoms with Crippen molar-refractivity contribution >= 4 is 6.29 Å². The van der Waals surface area contributed by atoms with Gasteiger partial charge < -0.3 is 4.79 Å². The van der Waals surface area contributed by atoms with Crippen LogP contribution in [0.15, 0.2) is 11.6 Å². The predicted octanol–water partition coefficient (Wildman–Crippen LogP) is 5.54. The zero-order chi connectivity index (χ0) is 15.4. The first-order valence-electron chi connectivity index (χ1n) is 9.73. The van der Waals surface area contributed by atoms with Gasteiger partial charge in [-0.3, -0.25) is 0 Å². The van der Waals surface area contributed by atoms with E-state index in [1.54, 1.807) is 0 Å². The van der Waals surface area contributed by atoms with Gasteiger partial charge in [-0.05, 0) is 79.4 Å². The molecule has 1 nitrogen and oxygen atoms in total. The fourth-order valence-electron chi connectivity index (χ4n) is 7.36. The van der Waals surface area contributed by atoms with Gasteiger partial charge in [0.2, 0.25) is 0 Å². The van der Waals surface area contributed by atoms with Crippen LogP contribution >= 0.6 is 0 Å². The van der Waals surface area contributed by atoms with E-state index in [-0.39, 0.29) is 0 Å². The molecule has 22 heavy (non-hydrogen) atoms. The molecule has 0 bridgehead atoms. The minimum absolute atomic E-state index is 0.347. The molecule has 0 aromatic heterocycles. The third kappa shape index (κ3) is 1.93. The number of hydrogen-bond donors (Lipinski definition) is 0. The molecule has 0 heterocycles. The highest BCUT2D eigenvalue weighted by Crippen LogP contribution is 2.66. The summed E-state index contributed by atoms with van der Waals surface area (Å²) in [6, 6.07) is 0. The summed E-state index contributed by atoms with van der Waals surface area (Å²) in [5.41, 5.74) is 2.46. The Kier molecular flexibility index (Phi) is 3.55. The standard InChI is InChI=1S/C21H32O/c1-20-12-4-3-5-15(20)6-8-17-18-9-7-16(11-14-22)21(18,2)13-10-19(17)20/h7,14-15,17-19H,3-6,8-13H2,1-2H3/t15?,17-,18-,19-,20-,21+/m0/s1. The van der Waals surface area contributed by atoms with Gasteiger partial charge in [-0.2, -0.15) is 0 Å². The molecule has 6 atom stereocenters. The van der Waals surface area contributed by atoms with Crippen LogP contribution in [0.5, 0.6) is 0 Å². The molecule has 0 aromatic rings. The van der Waals surface area contributed by atoms with Crippen LogP contribution in [0.3, 0.4) is 0 Å². The Morgan fingerprint density at radius 2 is 1.95 bits per heavy atom. The predicted molar refractivity (Wildman–Crippen MR) is 90.5 cm³/mol. The molecule has 4 aliphatic rings. The third-order valence-corrected chi connectivity index (χ3v) is 8.63. The van der Waals surface area contributed by atoms with Crippen molar-refractivity contribution in [2.24, 2.45) is 34.5 Å². The lowest BCUT2D eigenvalue weighted by Crippen LogP contribution is -2.52. The highest BCUT2D eigenvalue weighted by atomic mass is 16.1. The Bertz CT molecular complexity index is 492. The van der Waals surface area contributed by atoms with E-state index in [1.165, 1.54) is 63.4 Å². The van der Waals surface area contributed by atoms with E-state index < -0.39 is 0 Å². The Morgan fingerprint density at radius 1 is 1.09 bits per heavy atom. The summed E-state index contributed by atoms with van der Waals surface area (Å²) in [5, 5.41) is 0. The normalized spacial score (nSPS) is 50.5. The maximum Gasteiger partial charge on any atom is 0.124 e. The molecule has 3 saturated carbocycles. The lowest BCUT2D eigenvalue weighted by atomic mass is 9.45. The smallest absolute Gasteiger partial charge is 0.124 e. The van der Waals surface area contributed by atoms with E-state index >= 15 is 0 Å². The summed E-state index contributed by atoms with van der Waals surface area (Å²) in [6.07, 6.45) is 17.1. The monoisotopic (exact) mass is 300 g/mol. The van der Waals surface area contributed by atoms with Gasteiger partial charge in [0, 0.05) is 6.42 Å². The second-order valence-corrected chi connectivity index (χ2v) is 9.19. The first kappa shape index (κ1) is 15.0. The number of aldehydes is 1. The van der Waals surface area contributed by atoms with Crippen molar-refractivity contribution in [1.82, 2.24) is 0 Å². The molecular formula is C21H32O. The lowest BCUT2D eigenvalue weighted by Gasteiger charge is -2.60. The highest BCUT2D eigenvalue weighted by molar-refractivity contribution is 5.56. The molecule has 4 rings (SSSR count). The first-order valence-corrected chi connectivity index (χ1v) is 9.73. The quantitative estimate of drug-likeness (QED) is 0.483. The van der Waals surface area contributed by atoms with Crippen LogP contribution in [-0.4, -0.2) is 6.29 Å². The van der Waals surface area contributed by atoms with Crippen molar-refractivity contribution in [1.29, 1.82) is 0 Å². The molecule has 122 valence electrons. The van der Waals surface area contributed by atoms with E-state index in [4.69, 9.17) is 0 Å². The zero-order valence-corrected chi connectivity index (χ0v) is 14.4. The average Bonchev–Trinajstić information content (AvgIpc) is 2.84. The number of hydrogen-bond acceptors (Lipinski definition) is 1. The maximum absolute atomic E-state index is 11.1. The minimum atomic E-state index is 0.347. The van der Waals surface area contributed by atoms with Crippen molar-refractivity contribution in [2.45, 2.75) is 78.1 Å². The average molecular weight is 300 g/mol. The van der Waals surface area contributed by atoms with Gasteiger partial charge in [0.1, 0.15) is 6.29 Å². The number of carbonyl (C=O) groups is 1. The van der Waals surface area contributed by atoms with Crippen LogP contribution in [0.1, 0.15) is 78.1 Å². The second kappa shape index (κ2) is 5.21. The van der Waals surface area contributed by atoms with E-state index in [2.05, 4.69) is 19.9 Å². The summed E-state index contributed by atoms with van der Waals surface area (Å²) in [5.74, 6) is 3.74. The molecule has 0 amide bonds. The number of fused-ring (bicyclic) bond motifs is 5. The van der Waals surface area contributed by atoms with Crippen LogP contribution in [0, 0.1) is 34.5 Å². The topological polar surface area (TPSA) is 17.1 Å². The van der Waals surface area contributed by atoms with E-state index in [1.807, 2.05) is 0 Å². The number of allylic oxidation sites excluding steroid dienone is 2. The fourth-order valence-corrected chi connectivity index (χ4v) is 7.36. The molecule has 3 fully saturated rings. The van der Waals surface area contributed by atoms with Crippen molar-refractivity contribution in [3.8, 4) is 0 Å². The molecule has 1 unspecified atom stereocenters. The minimum Gasteiger partial charge on any atom is -0.303 e. The molecule has 1 heteroatoms. The highest BCUT2D eigenvalue weighted by Gasteiger charge is 2.57. The van der Waals surface area contributed by atoms with Gasteiger partial charge >= 0.3 is 0 Å². The van der Waals surface area contributed by atoms with Gasteiger partial charge in [0.05, 0.1) is 0 Å². The van der Waals surface area contributed by atoms with Crippen LogP contribution in [0.2, 0.25) is 0 Å². The summed E-state index contributed by atoms with van der Waals surface area (Å²) in [7, 11) is 0. The first-order chi connectivity index (χ1) is 10.6. The van der Waals surface area contributed by atoms with Crippen LogP contribution in [0.25, 0.3) is 0 Å². The van der Waals surface area contributed by atoms with Crippen LogP contribution < -0.4 is 0 Å². The van der Waals surface area contributed by atoms with Gasteiger partial charge in [0.15, 0.2) is 0 Å². The van der Waals surface area contributed by atoms with Crippen molar-refractivity contribution in [3.05, 3.63) is 11.6 Å². The van der Waals surface area contributed by atoms with Gasteiger partial charge in [-0.25, -0.2) is 0 Å². The SMILES string of the molecule is C[C@]12CCCCC1CC[C@@H]1[C@@H]2CC[C@]2(C)C(CC=O)=CC[C@@H]12. The zero-order valence-electron chi connectivity index (χ0n) is 14.4. The second-order valence-electron chi connectivity index (χ2n) is 9.19. The van der Waals surface area contributed by atoms with Crippen LogP contribution in [-0.2, 0) is 4.79 Å². The number of carbonyl (C=O) groups excluding carboxylic acids is 1. The largest absolute Gasteiger partial charge is 0.303 e. The summed E-state index contributed by atoms with van der Waals surface area (Å²) < 4.78 is 0. The Balaban J connectivity index is 1.61. The molecular weight excluding hydrogens is 268 g/mol. The summed E-state index contributed by atoms with van der Waals surface area (Å²) in [4.78, 5) is 11.1. The molecule has 0 aromatic carbocycles. The number of rotatable bonds is 2. The molecule has 0 N–H and O–H groups in total. The lowest BCUT2D eigenvalue weighted by molar-refractivity contribution is -0.109. The van der Waals surface area contributed by atoms with Crippen molar-refractivity contribution in [3.63, 3.8) is 0 Å². The van der Waals surface area contributed by atoms with Crippen LogP contribution in [0.4, 0.5) is 0 Å². The summed E-state index contributed by atoms with van der Waals surface area (Å²) in [6.45, 7) is 5.12. The van der Waals surface area contributed by atoms with Crippen molar-refractivity contribution in [2.75, 3.05) is 0 Å². The maximum atomic E-state index is 11.1. The van der Waals surface area contributed by atoms with E-state index in [0.29, 0.717) is 17.3 Å². The molecule has 0 saturated heterocycles. The molecule has 0 aliphatic heterocycles.